The Labute approximate surface area is 145 Å². The van der Waals surface area contributed by atoms with Gasteiger partial charge in [-0.2, -0.15) is 0 Å². The summed E-state index contributed by atoms with van der Waals surface area (Å²) in [6, 6.07) is -0.534. The molecular formula is C19H32N2O3. The zero-order chi connectivity index (χ0) is 17.8. The molecule has 0 aliphatic heterocycles. The normalized spacial score (nSPS) is 38.7. The van der Waals surface area contributed by atoms with Gasteiger partial charge >= 0.3 is 0 Å². The number of nitrogens with one attached hydrogen (secondary N) is 2. The van der Waals surface area contributed by atoms with Crippen LogP contribution in [0.4, 0.5) is 0 Å². The van der Waals surface area contributed by atoms with E-state index < -0.39 is 11.6 Å². The lowest BCUT2D eigenvalue weighted by molar-refractivity contribution is -0.169. The molecule has 0 radical (unpaired) electrons. The Balaban J connectivity index is 1.58. The molecule has 4 saturated carbocycles. The van der Waals surface area contributed by atoms with Crippen LogP contribution in [0.25, 0.3) is 0 Å². The molecule has 0 aromatic heterocycles. The van der Waals surface area contributed by atoms with E-state index >= 15 is 0 Å². The molecule has 4 aliphatic carbocycles. The summed E-state index contributed by atoms with van der Waals surface area (Å²) in [5.74, 6) is 0.938. The molecule has 0 unspecified atom stereocenters. The van der Waals surface area contributed by atoms with E-state index in [-0.39, 0.29) is 22.8 Å². The number of carbonyl (C=O) groups is 2. The number of amides is 2. The summed E-state index contributed by atoms with van der Waals surface area (Å²) in [5.41, 5.74) is -0.901. The largest absolute Gasteiger partial charge is 0.390 e. The van der Waals surface area contributed by atoms with Crippen LogP contribution in [0.2, 0.25) is 0 Å². The number of hydrogen-bond donors (Lipinski definition) is 3. The van der Waals surface area contributed by atoms with E-state index in [9.17, 15) is 14.7 Å². The molecule has 4 rings (SSSR count). The third kappa shape index (κ3) is 3.76. The van der Waals surface area contributed by atoms with Gasteiger partial charge in [-0.25, -0.2) is 0 Å². The van der Waals surface area contributed by atoms with Crippen molar-refractivity contribution in [3.05, 3.63) is 0 Å². The Morgan fingerprint density at radius 1 is 1.17 bits per heavy atom. The maximum Gasteiger partial charge on any atom is 0.242 e. The van der Waals surface area contributed by atoms with Gasteiger partial charge < -0.3 is 15.7 Å². The average Bonchev–Trinajstić information content (AvgIpc) is 2.31. The fraction of sp³-hybridized carbons (Fsp3) is 0.895. The van der Waals surface area contributed by atoms with Crippen molar-refractivity contribution in [2.45, 2.75) is 89.8 Å². The Morgan fingerprint density at radius 2 is 1.75 bits per heavy atom. The highest BCUT2D eigenvalue weighted by atomic mass is 16.3. The first-order valence-corrected chi connectivity index (χ1v) is 9.31. The molecule has 0 saturated heterocycles. The molecule has 4 bridgehead atoms. The van der Waals surface area contributed by atoms with E-state index in [1.807, 2.05) is 20.8 Å². The van der Waals surface area contributed by atoms with E-state index in [2.05, 4.69) is 10.6 Å². The predicted octanol–water partition coefficient (Wildman–Crippen LogP) is 2.13. The van der Waals surface area contributed by atoms with Crippen LogP contribution < -0.4 is 10.6 Å². The average molecular weight is 336 g/mol. The zero-order valence-corrected chi connectivity index (χ0v) is 15.4. The van der Waals surface area contributed by atoms with Gasteiger partial charge in [0, 0.05) is 12.0 Å². The van der Waals surface area contributed by atoms with Crippen molar-refractivity contribution in [1.29, 1.82) is 0 Å². The first kappa shape index (κ1) is 17.7. The molecule has 4 fully saturated rings. The smallest absolute Gasteiger partial charge is 0.242 e. The van der Waals surface area contributed by atoms with Crippen LogP contribution in [0, 0.1) is 17.3 Å². The molecule has 0 spiro atoms. The molecule has 2 amide bonds. The molecule has 24 heavy (non-hydrogen) atoms. The third-order valence-corrected chi connectivity index (χ3v) is 5.96. The molecule has 0 heterocycles. The highest BCUT2D eigenvalue weighted by Gasteiger charge is 2.57. The zero-order valence-electron chi connectivity index (χ0n) is 15.4. The van der Waals surface area contributed by atoms with Gasteiger partial charge in [-0.3, -0.25) is 9.59 Å². The minimum atomic E-state index is -0.542. The fourth-order valence-corrected chi connectivity index (χ4v) is 5.79. The van der Waals surface area contributed by atoms with E-state index in [0.29, 0.717) is 18.3 Å². The van der Waals surface area contributed by atoms with Crippen LogP contribution in [0.15, 0.2) is 0 Å². The molecular weight excluding hydrogens is 304 g/mol. The van der Waals surface area contributed by atoms with Crippen molar-refractivity contribution >= 4 is 11.8 Å². The molecule has 3 atom stereocenters. The van der Waals surface area contributed by atoms with E-state index in [4.69, 9.17) is 0 Å². The monoisotopic (exact) mass is 336 g/mol. The number of aliphatic hydroxyl groups is 1. The Bertz CT molecular complexity index is 523. The molecule has 136 valence electrons. The number of hydrogen-bond acceptors (Lipinski definition) is 3. The first-order valence-electron chi connectivity index (χ1n) is 9.31. The summed E-state index contributed by atoms with van der Waals surface area (Å²) >= 11 is 0. The van der Waals surface area contributed by atoms with Crippen LogP contribution in [0.3, 0.4) is 0 Å². The van der Waals surface area contributed by atoms with Crippen LogP contribution >= 0.6 is 0 Å². The second-order valence-electron chi connectivity index (χ2n) is 9.89. The Kier molecular flexibility index (Phi) is 4.22. The van der Waals surface area contributed by atoms with E-state index in [0.717, 1.165) is 32.1 Å². The van der Waals surface area contributed by atoms with Gasteiger partial charge in [-0.05, 0) is 83.5 Å². The summed E-state index contributed by atoms with van der Waals surface area (Å²) in [5, 5.41) is 16.5. The lowest BCUT2D eigenvalue weighted by Gasteiger charge is -2.60. The van der Waals surface area contributed by atoms with Gasteiger partial charge in [0.15, 0.2) is 0 Å². The SMILES string of the molecule is C[C@@H](NC(=O)CC12C[C@H]3C[C@@H](CC(O)(C3)C1)C2)C(=O)NC(C)(C)C. The summed E-state index contributed by atoms with van der Waals surface area (Å²) in [4.78, 5) is 24.7. The van der Waals surface area contributed by atoms with Crippen molar-refractivity contribution in [2.24, 2.45) is 17.3 Å². The van der Waals surface area contributed by atoms with Crippen LogP contribution in [0.1, 0.15) is 72.6 Å². The highest BCUT2D eigenvalue weighted by Crippen LogP contribution is 2.62. The van der Waals surface area contributed by atoms with Gasteiger partial charge in [-0.1, -0.05) is 0 Å². The van der Waals surface area contributed by atoms with Crippen molar-refractivity contribution in [3.63, 3.8) is 0 Å². The summed E-state index contributed by atoms with van der Waals surface area (Å²) in [7, 11) is 0. The standard InChI is InChI=1S/C19H32N2O3/c1-12(16(23)21-17(2,3)4)20-15(22)10-18-6-13-5-14(7-18)9-19(24,8-13)11-18/h12-14,24H,5-11H2,1-4H3,(H,20,22)(H,21,23)/t12-,13-,14-,18?,19?/m1/s1. The van der Waals surface area contributed by atoms with Gasteiger partial charge in [0.25, 0.3) is 0 Å². The van der Waals surface area contributed by atoms with Gasteiger partial charge in [0.05, 0.1) is 5.60 Å². The van der Waals surface area contributed by atoms with Gasteiger partial charge in [0.1, 0.15) is 6.04 Å². The van der Waals surface area contributed by atoms with Crippen molar-refractivity contribution in [1.82, 2.24) is 10.6 Å². The topological polar surface area (TPSA) is 78.4 Å². The fourth-order valence-electron chi connectivity index (χ4n) is 5.79. The van der Waals surface area contributed by atoms with Crippen molar-refractivity contribution in [2.75, 3.05) is 0 Å². The molecule has 4 aliphatic rings. The number of carbonyl (C=O) groups excluding carboxylic acids is 2. The van der Waals surface area contributed by atoms with Crippen LogP contribution in [0.5, 0.6) is 0 Å². The quantitative estimate of drug-likeness (QED) is 0.736. The number of rotatable bonds is 4. The molecule has 5 nitrogen and oxygen atoms in total. The molecule has 0 aromatic rings. The predicted molar refractivity (Wildman–Crippen MR) is 92.2 cm³/mol. The summed E-state index contributed by atoms with van der Waals surface area (Å²) in [6.45, 7) is 7.51. The lowest BCUT2D eigenvalue weighted by atomic mass is 9.47. The Morgan fingerprint density at radius 3 is 2.25 bits per heavy atom. The van der Waals surface area contributed by atoms with E-state index in [1.165, 1.54) is 6.42 Å². The highest BCUT2D eigenvalue weighted by molar-refractivity contribution is 5.87. The summed E-state index contributed by atoms with van der Waals surface area (Å²) < 4.78 is 0. The first-order chi connectivity index (χ1) is 11.0. The maximum absolute atomic E-state index is 12.5. The van der Waals surface area contributed by atoms with Gasteiger partial charge in [0.2, 0.25) is 11.8 Å². The second-order valence-corrected chi connectivity index (χ2v) is 9.89. The van der Waals surface area contributed by atoms with Crippen molar-refractivity contribution < 1.29 is 14.7 Å². The van der Waals surface area contributed by atoms with Crippen molar-refractivity contribution in [3.8, 4) is 0 Å². The molecule has 0 aromatic carbocycles. The van der Waals surface area contributed by atoms with Crippen LogP contribution in [-0.2, 0) is 9.59 Å². The second kappa shape index (κ2) is 5.72. The Hall–Kier alpha value is -1.10. The maximum atomic E-state index is 12.5. The minimum absolute atomic E-state index is 0.0524. The molecule has 3 N–H and O–H groups in total. The minimum Gasteiger partial charge on any atom is -0.390 e. The van der Waals surface area contributed by atoms with Gasteiger partial charge in [-0.15, -0.1) is 0 Å². The van der Waals surface area contributed by atoms with Crippen LogP contribution in [-0.4, -0.2) is 34.1 Å². The lowest BCUT2D eigenvalue weighted by Crippen LogP contribution is -2.57. The summed E-state index contributed by atoms with van der Waals surface area (Å²) in [6.07, 6.45) is 6.35. The molecule has 5 heteroatoms. The third-order valence-electron chi connectivity index (χ3n) is 5.96. The van der Waals surface area contributed by atoms with E-state index in [1.54, 1.807) is 6.92 Å².